The smallest absolute Gasteiger partial charge is 0.0622 e. The third-order valence-electron chi connectivity index (χ3n) is 3.23. The Morgan fingerprint density at radius 3 is 2.43 bits per heavy atom. The van der Waals surface area contributed by atoms with Crippen LogP contribution in [0.2, 0.25) is 0 Å². The van der Waals surface area contributed by atoms with Crippen molar-refractivity contribution in [1.29, 1.82) is 5.26 Å². The maximum atomic E-state index is 8.44. The van der Waals surface area contributed by atoms with Crippen LogP contribution in [0.15, 0.2) is 0 Å². The number of unbranched alkanes of at least 4 members (excludes halogenated alkanes) is 1. The lowest BCUT2D eigenvalue weighted by Crippen LogP contribution is -2.47. The summed E-state index contributed by atoms with van der Waals surface area (Å²) in [6.45, 7) is 6.03. The highest BCUT2D eigenvalue weighted by Gasteiger charge is 2.30. The van der Waals surface area contributed by atoms with Crippen molar-refractivity contribution in [3.63, 3.8) is 0 Å². The highest BCUT2D eigenvalue weighted by atomic mass is 15.3. The minimum absolute atomic E-state index is 0.711. The zero-order valence-corrected chi connectivity index (χ0v) is 8.78. The Kier molecular flexibility index (Phi) is 3.39. The molecular formula is C11H19N3. The predicted octanol–water partition coefficient (Wildman–Crippen LogP) is 1.07. The lowest BCUT2D eigenvalue weighted by molar-refractivity contribution is 0.126. The molecule has 14 heavy (non-hydrogen) atoms. The summed E-state index contributed by atoms with van der Waals surface area (Å²) in [6.07, 6.45) is 4.60. The molecule has 0 N–H and O–H groups in total. The van der Waals surface area contributed by atoms with Gasteiger partial charge in [-0.1, -0.05) is 0 Å². The molecule has 1 saturated carbocycles. The molecule has 0 aromatic heterocycles. The molecule has 0 amide bonds. The third kappa shape index (κ3) is 2.70. The highest BCUT2D eigenvalue weighted by molar-refractivity contribution is 4.87. The lowest BCUT2D eigenvalue weighted by atomic mass is 10.2. The standard InChI is InChI=1S/C11H19N3/c12-5-1-2-6-13-7-9-14(10-8-13)11-3-4-11/h11H,1-4,6-10H2. The molecule has 0 aromatic carbocycles. The number of piperazine rings is 1. The minimum Gasteiger partial charge on any atom is -0.301 e. The van der Waals surface area contributed by atoms with Gasteiger partial charge in [0, 0.05) is 38.6 Å². The Hall–Kier alpha value is -0.590. The van der Waals surface area contributed by atoms with Gasteiger partial charge < -0.3 is 4.90 Å². The molecule has 2 fully saturated rings. The summed E-state index contributed by atoms with van der Waals surface area (Å²) in [5.74, 6) is 0. The molecule has 0 unspecified atom stereocenters. The van der Waals surface area contributed by atoms with Gasteiger partial charge in [0.2, 0.25) is 0 Å². The molecule has 2 aliphatic rings. The number of rotatable bonds is 4. The van der Waals surface area contributed by atoms with E-state index in [2.05, 4.69) is 15.9 Å². The largest absolute Gasteiger partial charge is 0.301 e. The van der Waals surface area contributed by atoms with Crippen molar-refractivity contribution in [2.24, 2.45) is 0 Å². The molecule has 0 aromatic rings. The van der Waals surface area contributed by atoms with Crippen LogP contribution in [0.3, 0.4) is 0 Å². The first-order valence-corrected chi connectivity index (χ1v) is 5.73. The van der Waals surface area contributed by atoms with Gasteiger partial charge in [-0.25, -0.2) is 0 Å². The van der Waals surface area contributed by atoms with Gasteiger partial charge in [0.05, 0.1) is 6.07 Å². The van der Waals surface area contributed by atoms with Crippen molar-refractivity contribution >= 4 is 0 Å². The zero-order chi connectivity index (χ0) is 9.80. The SMILES string of the molecule is N#CCCCN1CCN(C2CC2)CC1. The molecule has 0 spiro atoms. The molecule has 1 heterocycles. The van der Waals surface area contributed by atoms with Crippen LogP contribution >= 0.6 is 0 Å². The number of nitriles is 1. The fourth-order valence-corrected chi connectivity index (χ4v) is 2.17. The average Bonchev–Trinajstić information content (AvgIpc) is 3.03. The van der Waals surface area contributed by atoms with Gasteiger partial charge >= 0.3 is 0 Å². The first-order chi connectivity index (χ1) is 6.90. The summed E-state index contributed by atoms with van der Waals surface area (Å²) in [6, 6.07) is 3.13. The number of hydrogen-bond donors (Lipinski definition) is 0. The molecular weight excluding hydrogens is 174 g/mol. The first kappa shape index (κ1) is 9.95. The van der Waals surface area contributed by atoms with E-state index >= 15 is 0 Å². The van der Waals surface area contributed by atoms with Gasteiger partial charge in [-0.3, -0.25) is 4.90 Å². The molecule has 1 saturated heterocycles. The quantitative estimate of drug-likeness (QED) is 0.626. The van der Waals surface area contributed by atoms with E-state index in [-0.39, 0.29) is 0 Å². The van der Waals surface area contributed by atoms with Crippen molar-refractivity contribution in [3.05, 3.63) is 0 Å². The van der Waals surface area contributed by atoms with Crippen LogP contribution in [0.1, 0.15) is 25.7 Å². The van der Waals surface area contributed by atoms with E-state index in [0.29, 0.717) is 6.42 Å². The summed E-state index contributed by atoms with van der Waals surface area (Å²) in [5.41, 5.74) is 0. The fourth-order valence-electron chi connectivity index (χ4n) is 2.17. The van der Waals surface area contributed by atoms with E-state index in [1.54, 1.807) is 0 Å². The van der Waals surface area contributed by atoms with Crippen LogP contribution in [-0.2, 0) is 0 Å². The number of nitrogens with zero attached hydrogens (tertiary/aromatic N) is 3. The molecule has 3 heteroatoms. The normalized spacial score (nSPS) is 24.8. The molecule has 0 atom stereocenters. The third-order valence-corrected chi connectivity index (χ3v) is 3.23. The van der Waals surface area contributed by atoms with Gasteiger partial charge in [0.25, 0.3) is 0 Å². The first-order valence-electron chi connectivity index (χ1n) is 5.73. The summed E-state index contributed by atoms with van der Waals surface area (Å²) in [5, 5.41) is 8.44. The van der Waals surface area contributed by atoms with Crippen molar-refractivity contribution in [2.75, 3.05) is 32.7 Å². The Bertz CT molecular complexity index is 209. The minimum atomic E-state index is 0.711. The molecule has 78 valence electrons. The van der Waals surface area contributed by atoms with E-state index in [1.165, 1.54) is 39.0 Å². The van der Waals surface area contributed by atoms with Crippen LogP contribution in [0.25, 0.3) is 0 Å². The Morgan fingerprint density at radius 1 is 1.14 bits per heavy atom. The van der Waals surface area contributed by atoms with Gasteiger partial charge in [-0.05, 0) is 25.8 Å². The fraction of sp³-hybridized carbons (Fsp3) is 0.909. The average molecular weight is 193 g/mol. The Balaban J connectivity index is 1.60. The number of hydrogen-bond acceptors (Lipinski definition) is 3. The van der Waals surface area contributed by atoms with Crippen LogP contribution in [0.4, 0.5) is 0 Å². The Morgan fingerprint density at radius 2 is 1.86 bits per heavy atom. The molecule has 0 bridgehead atoms. The Labute approximate surface area is 86.3 Å². The van der Waals surface area contributed by atoms with Crippen LogP contribution in [0, 0.1) is 11.3 Å². The summed E-state index contributed by atoms with van der Waals surface area (Å²) >= 11 is 0. The monoisotopic (exact) mass is 193 g/mol. The van der Waals surface area contributed by atoms with Crippen molar-refractivity contribution < 1.29 is 0 Å². The van der Waals surface area contributed by atoms with E-state index in [0.717, 1.165) is 19.0 Å². The van der Waals surface area contributed by atoms with Crippen LogP contribution in [-0.4, -0.2) is 48.6 Å². The van der Waals surface area contributed by atoms with Crippen molar-refractivity contribution in [1.82, 2.24) is 9.80 Å². The van der Waals surface area contributed by atoms with E-state index in [4.69, 9.17) is 5.26 Å². The second-order valence-corrected chi connectivity index (χ2v) is 4.37. The van der Waals surface area contributed by atoms with Gasteiger partial charge in [0.1, 0.15) is 0 Å². The molecule has 3 nitrogen and oxygen atoms in total. The summed E-state index contributed by atoms with van der Waals surface area (Å²) < 4.78 is 0. The van der Waals surface area contributed by atoms with E-state index in [1.807, 2.05) is 0 Å². The second kappa shape index (κ2) is 4.77. The van der Waals surface area contributed by atoms with Gasteiger partial charge in [-0.15, -0.1) is 0 Å². The maximum Gasteiger partial charge on any atom is 0.0622 e. The highest BCUT2D eigenvalue weighted by Crippen LogP contribution is 2.27. The van der Waals surface area contributed by atoms with Crippen LogP contribution in [0.5, 0.6) is 0 Å². The van der Waals surface area contributed by atoms with Gasteiger partial charge in [0.15, 0.2) is 0 Å². The predicted molar refractivity (Wildman–Crippen MR) is 55.9 cm³/mol. The van der Waals surface area contributed by atoms with Crippen molar-refractivity contribution in [3.8, 4) is 6.07 Å². The summed E-state index contributed by atoms with van der Waals surface area (Å²) in [7, 11) is 0. The van der Waals surface area contributed by atoms with Crippen molar-refractivity contribution in [2.45, 2.75) is 31.7 Å². The van der Waals surface area contributed by atoms with E-state index in [9.17, 15) is 0 Å². The second-order valence-electron chi connectivity index (χ2n) is 4.37. The lowest BCUT2D eigenvalue weighted by Gasteiger charge is -2.34. The zero-order valence-electron chi connectivity index (χ0n) is 8.78. The molecule has 1 aliphatic heterocycles. The molecule has 1 aliphatic carbocycles. The van der Waals surface area contributed by atoms with Gasteiger partial charge in [-0.2, -0.15) is 5.26 Å². The molecule has 2 rings (SSSR count). The molecule has 0 radical (unpaired) electrons. The topological polar surface area (TPSA) is 30.3 Å². The van der Waals surface area contributed by atoms with E-state index < -0.39 is 0 Å². The summed E-state index contributed by atoms with van der Waals surface area (Å²) in [4.78, 5) is 5.12. The van der Waals surface area contributed by atoms with Crippen LogP contribution < -0.4 is 0 Å². The maximum absolute atomic E-state index is 8.44.